The monoisotopic (exact) mass is 260 g/mol. The first kappa shape index (κ1) is 12.4. The van der Waals surface area contributed by atoms with Gasteiger partial charge in [0.05, 0.1) is 0 Å². The van der Waals surface area contributed by atoms with Gasteiger partial charge in [0.25, 0.3) is 0 Å². The Morgan fingerprint density at radius 3 is 1.85 bits per heavy atom. The summed E-state index contributed by atoms with van der Waals surface area (Å²) in [7, 11) is 0. The third kappa shape index (κ3) is 2.54. The molecule has 98 valence electrons. The molecular formula is C18H16N2. The van der Waals surface area contributed by atoms with E-state index in [1.54, 1.807) is 0 Å². The lowest BCUT2D eigenvalue weighted by Crippen LogP contribution is -2.03. The summed E-state index contributed by atoms with van der Waals surface area (Å²) in [5, 5.41) is 0. The van der Waals surface area contributed by atoms with Crippen LogP contribution in [0.2, 0.25) is 0 Å². The Hall–Kier alpha value is -2.61. The third-order valence-electron chi connectivity index (χ3n) is 3.44. The summed E-state index contributed by atoms with van der Waals surface area (Å²) >= 11 is 0. The van der Waals surface area contributed by atoms with Gasteiger partial charge < -0.3 is 5.73 Å². The molecule has 0 amide bonds. The Morgan fingerprint density at radius 1 is 0.650 bits per heavy atom. The number of aromatic nitrogens is 1. The fourth-order valence-corrected chi connectivity index (χ4v) is 2.47. The van der Waals surface area contributed by atoms with Crippen molar-refractivity contribution in [1.29, 1.82) is 0 Å². The lowest BCUT2D eigenvalue weighted by Gasteiger charge is -2.18. The third-order valence-corrected chi connectivity index (χ3v) is 3.44. The van der Waals surface area contributed by atoms with Crippen LogP contribution in [0.1, 0.15) is 22.6 Å². The fraction of sp³-hybridized carbons (Fsp3) is 0.0556. The van der Waals surface area contributed by atoms with Crippen molar-refractivity contribution in [2.24, 2.45) is 0 Å². The molecule has 3 aromatic rings. The zero-order chi connectivity index (χ0) is 13.8. The van der Waals surface area contributed by atoms with E-state index in [4.69, 9.17) is 5.73 Å². The Morgan fingerprint density at radius 2 is 1.20 bits per heavy atom. The summed E-state index contributed by atoms with van der Waals surface area (Å²) < 4.78 is 0. The second kappa shape index (κ2) is 5.57. The number of pyridine rings is 1. The van der Waals surface area contributed by atoms with E-state index in [-0.39, 0.29) is 5.92 Å². The van der Waals surface area contributed by atoms with Gasteiger partial charge in [0, 0.05) is 24.0 Å². The summed E-state index contributed by atoms with van der Waals surface area (Å²) in [5.41, 5.74) is 10.3. The minimum absolute atomic E-state index is 0.208. The van der Waals surface area contributed by atoms with Crippen molar-refractivity contribution in [2.75, 3.05) is 5.73 Å². The first-order chi connectivity index (χ1) is 9.84. The molecule has 2 aromatic carbocycles. The van der Waals surface area contributed by atoms with Crippen LogP contribution in [0.4, 0.5) is 5.69 Å². The van der Waals surface area contributed by atoms with E-state index >= 15 is 0 Å². The molecule has 2 heteroatoms. The summed E-state index contributed by atoms with van der Waals surface area (Å²) in [6.07, 6.45) is 3.67. The molecule has 1 atom stereocenters. The molecule has 0 saturated carbocycles. The Bertz CT molecular complexity index is 621. The summed E-state index contributed by atoms with van der Waals surface area (Å²) in [4.78, 5) is 4.11. The van der Waals surface area contributed by atoms with Crippen LogP contribution in [0.25, 0.3) is 0 Å². The van der Waals surface area contributed by atoms with Gasteiger partial charge in [-0.25, -0.2) is 0 Å². The smallest absolute Gasteiger partial charge is 0.0341 e. The van der Waals surface area contributed by atoms with Gasteiger partial charge >= 0.3 is 0 Å². The standard InChI is InChI=1S/C18H16N2/c19-17-8-6-15(7-9-17)18(14-4-2-1-3-5-14)16-10-12-20-13-11-16/h1-13,18H,19H2. The molecule has 0 spiro atoms. The van der Waals surface area contributed by atoms with Crippen molar-refractivity contribution in [2.45, 2.75) is 5.92 Å². The molecule has 2 N–H and O–H groups in total. The van der Waals surface area contributed by atoms with Crippen molar-refractivity contribution in [1.82, 2.24) is 4.98 Å². The highest BCUT2D eigenvalue weighted by molar-refractivity contribution is 5.47. The number of hydrogen-bond acceptors (Lipinski definition) is 2. The maximum Gasteiger partial charge on any atom is 0.0341 e. The lowest BCUT2D eigenvalue weighted by atomic mass is 9.85. The van der Waals surface area contributed by atoms with Crippen molar-refractivity contribution in [3.8, 4) is 0 Å². The predicted molar refractivity (Wildman–Crippen MR) is 82.5 cm³/mol. The van der Waals surface area contributed by atoms with E-state index in [9.17, 15) is 0 Å². The van der Waals surface area contributed by atoms with Crippen molar-refractivity contribution in [3.05, 3.63) is 95.8 Å². The van der Waals surface area contributed by atoms with E-state index < -0.39 is 0 Å². The molecule has 0 aliphatic rings. The molecular weight excluding hydrogens is 244 g/mol. The van der Waals surface area contributed by atoms with Crippen LogP contribution in [-0.2, 0) is 0 Å². The highest BCUT2D eigenvalue weighted by Crippen LogP contribution is 2.31. The van der Waals surface area contributed by atoms with Gasteiger partial charge in [0.1, 0.15) is 0 Å². The maximum atomic E-state index is 5.79. The summed E-state index contributed by atoms with van der Waals surface area (Å²) in [6.45, 7) is 0. The molecule has 1 unspecified atom stereocenters. The van der Waals surface area contributed by atoms with E-state index in [1.807, 2.05) is 30.6 Å². The van der Waals surface area contributed by atoms with Crippen LogP contribution >= 0.6 is 0 Å². The van der Waals surface area contributed by atoms with Crippen molar-refractivity contribution >= 4 is 5.69 Å². The van der Waals surface area contributed by atoms with E-state index in [0.717, 1.165) is 5.69 Å². The predicted octanol–water partition coefficient (Wildman–Crippen LogP) is 3.84. The van der Waals surface area contributed by atoms with Crippen LogP contribution in [0.15, 0.2) is 79.1 Å². The number of anilines is 1. The fourth-order valence-electron chi connectivity index (χ4n) is 2.47. The minimum atomic E-state index is 0.208. The highest BCUT2D eigenvalue weighted by Gasteiger charge is 2.15. The minimum Gasteiger partial charge on any atom is -0.399 e. The molecule has 2 nitrogen and oxygen atoms in total. The Balaban J connectivity index is 2.11. The first-order valence-corrected chi connectivity index (χ1v) is 6.65. The van der Waals surface area contributed by atoms with Crippen LogP contribution in [-0.4, -0.2) is 4.98 Å². The van der Waals surface area contributed by atoms with Crippen LogP contribution in [0.3, 0.4) is 0 Å². The number of nitrogens with two attached hydrogens (primary N) is 1. The number of nitrogen functional groups attached to an aromatic ring is 1. The zero-order valence-electron chi connectivity index (χ0n) is 11.1. The number of hydrogen-bond donors (Lipinski definition) is 1. The van der Waals surface area contributed by atoms with Crippen molar-refractivity contribution < 1.29 is 0 Å². The quantitative estimate of drug-likeness (QED) is 0.727. The normalized spacial score (nSPS) is 12.0. The zero-order valence-corrected chi connectivity index (χ0v) is 11.1. The number of rotatable bonds is 3. The van der Waals surface area contributed by atoms with Gasteiger partial charge in [-0.05, 0) is 41.0 Å². The SMILES string of the molecule is Nc1ccc(C(c2ccccc2)c2ccncc2)cc1. The Labute approximate surface area is 118 Å². The van der Waals surface area contributed by atoms with E-state index in [2.05, 4.69) is 53.5 Å². The number of nitrogens with zero attached hydrogens (tertiary/aromatic N) is 1. The van der Waals surface area contributed by atoms with Gasteiger partial charge in [-0.15, -0.1) is 0 Å². The molecule has 0 bridgehead atoms. The second-order valence-corrected chi connectivity index (χ2v) is 4.79. The first-order valence-electron chi connectivity index (χ1n) is 6.65. The molecule has 0 aliphatic heterocycles. The van der Waals surface area contributed by atoms with Crippen LogP contribution < -0.4 is 5.73 Å². The molecule has 3 rings (SSSR count). The molecule has 0 fully saturated rings. The van der Waals surface area contributed by atoms with Gasteiger partial charge in [-0.3, -0.25) is 4.98 Å². The molecule has 20 heavy (non-hydrogen) atoms. The molecule has 1 heterocycles. The molecule has 0 aliphatic carbocycles. The van der Waals surface area contributed by atoms with Gasteiger partial charge in [-0.2, -0.15) is 0 Å². The van der Waals surface area contributed by atoms with Crippen LogP contribution in [0.5, 0.6) is 0 Å². The maximum absolute atomic E-state index is 5.79. The van der Waals surface area contributed by atoms with Gasteiger partial charge in [0.2, 0.25) is 0 Å². The van der Waals surface area contributed by atoms with E-state index in [0.29, 0.717) is 0 Å². The van der Waals surface area contributed by atoms with E-state index in [1.165, 1.54) is 16.7 Å². The van der Waals surface area contributed by atoms with Crippen LogP contribution in [0, 0.1) is 0 Å². The van der Waals surface area contributed by atoms with Gasteiger partial charge in [0.15, 0.2) is 0 Å². The Kier molecular flexibility index (Phi) is 3.46. The van der Waals surface area contributed by atoms with Gasteiger partial charge in [-0.1, -0.05) is 42.5 Å². The largest absolute Gasteiger partial charge is 0.399 e. The summed E-state index contributed by atoms with van der Waals surface area (Å²) in [6, 6.07) is 22.7. The second-order valence-electron chi connectivity index (χ2n) is 4.79. The molecule has 1 aromatic heterocycles. The highest BCUT2D eigenvalue weighted by atomic mass is 14.6. The lowest BCUT2D eigenvalue weighted by molar-refractivity contribution is 0.971. The molecule has 0 radical (unpaired) electrons. The average molecular weight is 260 g/mol. The summed E-state index contributed by atoms with van der Waals surface area (Å²) in [5.74, 6) is 0.208. The average Bonchev–Trinajstić information content (AvgIpc) is 2.52. The topological polar surface area (TPSA) is 38.9 Å². The van der Waals surface area contributed by atoms with Crippen molar-refractivity contribution in [3.63, 3.8) is 0 Å². The molecule has 0 saturated heterocycles. The number of benzene rings is 2.